The van der Waals surface area contributed by atoms with Crippen molar-refractivity contribution >= 4 is 11.4 Å². The second-order valence-electron chi connectivity index (χ2n) is 8.46. The lowest BCUT2D eigenvalue weighted by atomic mass is 10.1. The van der Waals surface area contributed by atoms with Crippen molar-refractivity contribution < 1.29 is 13.2 Å². The number of likely N-dealkylation sites (N-methyl/N-ethyl adjacent to an activating group) is 1. The van der Waals surface area contributed by atoms with E-state index >= 15 is 0 Å². The van der Waals surface area contributed by atoms with Crippen molar-refractivity contribution in [2.75, 3.05) is 69.2 Å². The molecule has 5 nitrogen and oxygen atoms in total. The first-order valence-electron chi connectivity index (χ1n) is 10.9. The molecular weight excluding hydrogens is 403 g/mol. The maximum absolute atomic E-state index is 12.8. The quantitative estimate of drug-likeness (QED) is 0.735. The highest BCUT2D eigenvalue weighted by molar-refractivity contribution is 5.49. The van der Waals surface area contributed by atoms with Crippen LogP contribution in [0.15, 0.2) is 42.6 Å². The van der Waals surface area contributed by atoms with Gasteiger partial charge in [-0.2, -0.15) is 13.2 Å². The molecule has 2 saturated heterocycles. The Morgan fingerprint density at radius 1 is 0.806 bits per heavy atom. The van der Waals surface area contributed by atoms with Crippen LogP contribution >= 0.6 is 0 Å². The summed E-state index contributed by atoms with van der Waals surface area (Å²) in [6.07, 6.45) is -1.22. The summed E-state index contributed by atoms with van der Waals surface area (Å²) in [4.78, 5) is 13.9. The Morgan fingerprint density at radius 2 is 1.48 bits per heavy atom. The number of hydrogen-bond acceptors (Lipinski definition) is 5. The number of anilines is 2. The lowest BCUT2D eigenvalue weighted by Crippen LogP contribution is -2.46. The van der Waals surface area contributed by atoms with Gasteiger partial charge >= 0.3 is 6.18 Å². The zero-order chi connectivity index (χ0) is 21.8. The van der Waals surface area contributed by atoms with E-state index in [1.807, 2.05) is 6.20 Å². The van der Waals surface area contributed by atoms with Gasteiger partial charge in [-0.15, -0.1) is 0 Å². The second-order valence-corrected chi connectivity index (χ2v) is 8.46. The summed E-state index contributed by atoms with van der Waals surface area (Å²) in [7, 11) is 2.17. The first kappa shape index (κ1) is 21.9. The summed E-state index contributed by atoms with van der Waals surface area (Å²) >= 11 is 0. The van der Waals surface area contributed by atoms with E-state index in [-0.39, 0.29) is 0 Å². The number of piperazine rings is 1. The van der Waals surface area contributed by atoms with Gasteiger partial charge in [0.2, 0.25) is 0 Å². The predicted octanol–water partition coefficient (Wildman–Crippen LogP) is 3.56. The predicted molar refractivity (Wildman–Crippen MR) is 117 cm³/mol. The number of rotatable bonds is 4. The van der Waals surface area contributed by atoms with Gasteiger partial charge in [0.15, 0.2) is 0 Å². The average molecular weight is 434 g/mol. The summed E-state index contributed by atoms with van der Waals surface area (Å²) in [6, 6.07) is 9.77. The van der Waals surface area contributed by atoms with Crippen LogP contribution in [0.3, 0.4) is 0 Å². The lowest BCUT2D eigenvalue weighted by molar-refractivity contribution is -0.137. The number of halogens is 3. The minimum Gasteiger partial charge on any atom is -0.370 e. The lowest BCUT2D eigenvalue weighted by Gasteiger charge is -2.36. The van der Waals surface area contributed by atoms with Gasteiger partial charge < -0.3 is 14.7 Å². The van der Waals surface area contributed by atoms with Gasteiger partial charge in [-0.05, 0) is 56.4 Å². The van der Waals surface area contributed by atoms with Crippen molar-refractivity contribution in [1.29, 1.82) is 0 Å². The minimum absolute atomic E-state index is 0.600. The molecule has 0 bridgehead atoms. The molecule has 0 unspecified atom stereocenters. The molecule has 1 aromatic heterocycles. The SMILES string of the molecule is CN1CCCN(c2ccnc(CN3CCN(c4ccc(C(F)(F)F)cc4)CC3)c2)CC1. The topological polar surface area (TPSA) is 25.9 Å². The monoisotopic (exact) mass is 433 g/mol. The summed E-state index contributed by atoms with van der Waals surface area (Å²) in [5, 5.41) is 0. The summed E-state index contributed by atoms with van der Waals surface area (Å²) in [5.74, 6) is 0. The van der Waals surface area contributed by atoms with Crippen molar-refractivity contribution in [3.63, 3.8) is 0 Å². The molecule has 0 aliphatic carbocycles. The molecular formula is C23H30F3N5. The zero-order valence-electron chi connectivity index (χ0n) is 18.0. The Balaban J connectivity index is 1.32. The number of pyridine rings is 1. The van der Waals surface area contributed by atoms with Crippen LogP contribution < -0.4 is 9.80 Å². The van der Waals surface area contributed by atoms with Crippen LogP contribution in [0.4, 0.5) is 24.5 Å². The van der Waals surface area contributed by atoms with Crippen molar-refractivity contribution in [1.82, 2.24) is 14.8 Å². The first-order chi connectivity index (χ1) is 14.9. The molecule has 0 N–H and O–H groups in total. The number of benzene rings is 1. The third kappa shape index (κ3) is 5.68. The van der Waals surface area contributed by atoms with Gasteiger partial charge in [-0.1, -0.05) is 0 Å². The normalized spacial score (nSPS) is 19.5. The average Bonchev–Trinajstić information content (AvgIpc) is 2.98. The highest BCUT2D eigenvalue weighted by atomic mass is 19.4. The van der Waals surface area contributed by atoms with Crippen LogP contribution in [0.5, 0.6) is 0 Å². The highest BCUT2D eigenvalue weighted by Crippen LogP contribution is 2.30. The Bertz CT molecular complexity index is 847. The van der Waals surface area contributed by atoms with Gasteiger partial charge in [-0.25, -0.2) is 0 Å². The van der Waals surface area contributed by atoms with E-state index in [4.69, 9.17) is 0 Å². The molecule has 0 saturated carbocycles. The van der Waals surface area contributed by atoms with Crippen molar-refractivity contribution in [2.24, 2.45) is 0 Å². The van der Waals surface area contributed by atoms with Crippen LogP contribution in [-0.4, -0.2) is 74.2 Å². The van der Waals surface area contributed by atoms with Crippen molar-refractivity contribution in [2.45, 2.75) is 19.1 Å². The molecule has 0 radical (unpaired) electrons. The molecule has 31 heavy (non-hydrogen) atoms. The Labute approximate surface area is 182 Å². The summed E-state index contributed by atoms with van der Waals surface area (Å²) in [6.45, 7) is 8.42. The number of alkyl halides is 3. The second kappa shape index (κ2) is 9.44. The van der Waals surface area contributed by atoms with Crippen molar-refractivity contribution in [3.05, 3.63) is 53.9 Å². The summed E-state index contributed by atoms with van der Waals surface area (Å²) in [5.41, 5.74) is 2.55. The number of nitrogens with zero attached hydrogens (tertiary/aromatic N) is 5. The van der Waals surface area contributed by atoms with E-state index in [0.29, 0.717) is 0 Å². The molecule has 0 atom stereocenters. The third-order valence-corrected chi connectivity index (χ3v) is 6.20. The van der Waals surface area contributed by atoms with E-state index in [0.717, 1.165) is 82.4 Å². The molecule has 2 aromatic rings. The van der Waals surface area contributed by atoms with Crippen LogP contribution in [0.25, 0.3) is 0 Å². The third-order valence-electron chi connectivity index (χ3n) is 6.20. The van der Waals surface area contributed by atoms with Gasteiger partial charge in [0.05, 0.1) is 11.3 Å². The molecule has 2 fully saturated rings. The molecule has 3 heterocycles. The van der Waals surface area contributed by atoms with E-state index in [9.17, 15) is 13.2 Å². The molecule has 4 rings (SSSR count). The van der Waals surface area contributed by atoms with Crippen LogP contribution in [0.2, 0.25) is 0 Å². The molecule has 8 heteroatoms. The molecule has 168 valence electrons. The maximum Gasteiger partial charge on any atom is 0.416 e. The fourth-order valence-electron chi connectivity index (χ4n) is 4.31. The summed E-state index contributed by atoms with van der Waals surface area (Å²) < 4.78 is 38.3. The maximum atomic E-state index is 12.8. The molecule has 2 aliphatic heterocycles. The van der Waals surface area contributed by atoms with E-state index in [1.54, 1.807) is 12.1 Å². The fraction of sp³-hybridized carbons (Fsp3) is 0.522. The van der Waals surface area contributed by atoms with Gasteiger partial charge in [-0.3, -0.25) is 9.88 Å². The fourth-order valence-corrected chi connectivity index (χ4v) is 4.31. The Morgan fingerprint density at radius 3 is 2.19 bits per heavy atom. The Hall–Kier alpha value is -2.32. The highest BCUT2D eigenvalue weighted by Gasteiger charge is 2.30. The minimum atomic E-state index is -4.29. The van der Waals surface area contributed by atoms with Gasteiger partial charge in [0, 0.05) is 69.9 Å². The molecule has 1 aromatic carbocycles. The first-order valence-corrected chi connectivity index (χ1v) is 10.9. The molecule has 0 amide bonds. The van der Waals surface area contributed by atoms with E-state index in [2.05, 4.69) is 43.8 Å². The van der Waals surface area contributed by atoms with Gasteiger partial charge in [0.1, 0.15) is 0 Å². The standard InChI is InChI=1S/C23H30F3N5/c1-28-9-2-10-30(14-11-28)22-7-8-27-20(17-22)18-29-12-15-31(16-13-29)21-5-3-19(4-6-21)23(24,25)26/h3-8,17H,2,9-16,18H2,1H3. The van der Waals surface area contributed by atoms with Crippen LogP contribution in [-0.2, 0) is 12.7 Å². The van der Waals surface area contributed by atoms with Crippen molar-refractivity contribution in [3.8, 4) is 0 Å². The smallest absolute Gasteiger partial charge is 0.370 e. The largest absolute Gasteiger partial charge is 0.416 e. The number of aromatic nitrogens is 1. The van der Waals surface area contributed by atoms with Crippen LogP contribution in [0.1, 0.15) is 17.7 Å². The zero-order valence-corrected chi connectivity index (χ0v) is 18.0. The Kier molecular flexibility index (Phi) is 6.67. The van der Waals surface area contributed by atoms with Gasteiger partial charge in [0.25, 0.3) is 0 Å². The van der Waals surface area contributed by atoms with E-state index < -0.39 is 11.7 Å². The van der Waals surface area contributed by atoms with Crippen LogP contribution in [0, 0.1) is 0 Å². The molecule has 2 aliphatic rings. The molecule has 0 spiro atoms. The van der Waals surface area contributed by atoms with E-state index in [1.165, 1.54) is 12.1 Å². The number of hydrogen-bond donors (Lipinski definition) is 0.